The van der Waals surface area contributed by atoms with E-state index in [1.54, 1.807) is 26.0 Å². The number of allylic oxidation sites excluding steroid dienone is 2. The number of nitrogens with zero attached hydrogens (tertiary/aromatic N) is 2. The van der Waals surface area contributed by atoms with E-state index >= 15 is 0 Å². The van der Waals surface area contributed by atoms with Crippen LogP contribution >= 0.6 is 0 Å². The van der Waals surface area contributed by atoms with Gasteiger partial charge in [0, 0.05) is 23.8 Å². The molecule has 0 heterocycles. The van der Waals surface area contributed by atoms with Crippen molar-refractivity contribution in [1.82, 2.24) is 10.6 Å². The minimum atomic E-state index is -1.22. The second-order valence-corrected chi connectivity index (χ2v) is 14.3. The Morgan fingerprint density at radius 1 is 0.582 bits per heavy atom. The SMILES string of the molecule is CCCC/C=C/C(=O)NCC[N+](CCO)(CC(C)C(=O)[O-])CC(C)C(=O)O.CCCC/C=C/C(=O)NCC[N+](CCO)(CC(C)C(=O)[O-])CC(C)C(=O)O.[Ca+2]. The molecule has 0 aliphatic heterocycles. The predicted molar refractivity (Wildman–Crippen MR) is 205 cm³/mol. The van der Waals surface area contributed by atoms with Gasteiger partial charge in [-0.3, -0.25) is 19.2 Å². The van der Waals surface area contributed by atoms with Crippen LogP contribution < -0.4 is 20.8 Å². The maximum Gasteiger partial charge on any atom is 2.00 e. The van der Waals surface area contributed by atoms with E-state index in [2.05, 4.69) is 24.5 Å². The van der Waals surface area contributed by atoms with Crippen molar-refractivity contribution in [2.75, 3.05) is 78.7 Å². The van der Waals surface area contributed by atoms with Gasteiger partial charge in [-0.1, -0.05) is 65.5 Å². The number of hydrogen-bond acceptors (Lipinski definition) is 10. The van der Waals surface area contributed by atoms with Crippen molar-refractivity contribution in [3.63, 3.8) is 0 Å². The summed E-state index contributed by atoms with van der Waals surface area (Å²) in [6.45, 7) is 12.0. The Kier molecular flexibility index (Phi) is 33.5. The van der Waals surface area contributed by atoms with E-state index in [1.165, 1.54) is 26.0 Å². The van der Waals surface area contributed by atoms with Gasteiger partial charge in [0.05, 0.1) is 65.6 Å². The van der Waals surface area contributed by atoms with Gasteiger partial charge >= 0.3 is 49.7 Å². The summed E-state index contributed by atoms with van der Waals surface area (Å²) in [6.07, 6.45) is 12.3. The Morgan fingerprint density at radius 3 is 1.15 bits per heavy atom. The summed E-state index contributed by atoms with van der Waals surface area (Å²) in [6, 6.07) is 0. The second kappa shape index (κ2) is 32.5. The van der Waals surface area contributed by atoms with E-state index in [9.17, 15) is 59.4 Å². The number of carboxylic acids is 4. The summed E-state index contributed by atoms with van der Waals surface area (Å²) in [4.78, 5) is 68.6. The first-order valence-electron chi connectivity index (χ1n) is 19.0. The molecule has 312 valence electrons. The van der Waals surface area contributed by atoms with E-state index in [0.29, 0.717) is 13.1 Å². The summed E-state index contributed by atoms with van der Waals surface area (Å²) in [5.74, 6) is -7.93. The molecule has 6 N–H and O–H groups in total. The Balaban J connectivity index is -0.000000966. The van der Waals surface area contributed by atoms with Crippen LogP contribution in [0.3, 0.4) is 0 Å². The van der Waals surface area contributed by atoms with Crippen LogP contribution in [0, 0.1) is 23.7 Å². The molecule has 0 bridgehead atoms. The topological polar surface area (TPSA) is 254 Å². The Labute approximate surface area is 357 Å². The smallest absolute Gasteiger partial charge is 0.550 e. The van der Waals surface area contributed by atoms with Crippen LogP contribution in [0.2, 0.25) is 0 Å². The number of quaternary nitrogens is 2. The number of rotatable bonds is 30. The van der Waals surface area contributed by atoms with Crippen molar-refractivity contribution in [3.8, 4) is 0 Å². The number of nitrogens with one attached hydrogen (secondary N) is 2. The van der Waals surface area contributed by atoms with E-state index in [4.69, 9.17) is 0 Å². The molecule has 17 heteroatoms. The number of carboxylic acid groups (broad SMARTS) is 4. The van der Waals surface area contributed by atoms with E-state index in [1.807, 2.05) is 0 Å². The molecule has 0 fully saturated rings. The van der Waals surface area contributed by atoms with Gasteiger partial charge in [-0.2, -0.15) is 0 Å². The van der Waals surface area contributed by atoms with Crippen LogP contribution in [-0.2, 0) is 28.8 Å². The molecule has 0 aliphatic rings. The summed E-state index contributed by atoms with van der Waals surface area (Å²) in [7, 11) is 0. The first-order valence-corrected chi connectivity index (χ1v) is 19.0. The minimum Gasteiger partial charge on any atom is -0.550 e. The average Bonchev–Trinajstić information content (AvgIpc) is 3.08. The number of aliphatic hydroxyl groups excluding tert-OH is 2. The molecule has 0 saturated heterocycles. The molecule has 55 heavy (non-hydrogen) atoms. The number of unbranched alkanes of at least 4 members (excludes halogenated alkanes) is 4. The van der Waals surface area contributed by atoms with Crippen molar-refractivity contribution in [2.24, 2.45) is 23.7 Å². The molecule has 0 aromatic heterocycles. The molecule has 0 aromatic rings. The van der Waals surface area contributed by atoms with E-state index in [0.717, 1.165) is 38.5 Å². The normalized spacial score (nSPS) is 15.6. The fourth-order valence-electron chi connectivity index (χ4n) is 6.13. The molecule has 0 aliphatic carbocycles. The molecule has 0 saturated carbocycles. The van der Waals surface area contributed by atoms with Crippen molar-refractivity contribution < 1.29 is 68.4 Å². The maximum absolute atomic E-state index is 11.9. The average molecular weight is 813 g/mol. The van der Waals surface area contributed by atoms with Gasteiger partial charge in [0.1, 0.15) is 24.9 Å². The fourth-order valence-corrected chi connectivity index (χ4v) is 6.13. The van der Waals surface area contributed by atoms with Gasteiger partial charge in [-0.05, 0) is 38.8 Å². The molecule has 6 unspecified atom stereocenters. The van der Waals surface area contributed by atoms with Gasteiger partial charge in [-0.25, -0.2) is 0 Å². The third-order valence-electron chi connectivity index (χ3n) is 9.20. The van der Waals surface area contributed by atoms with Crippen molar-refractivity contribution >= 4 is 73.4 Å². The van der Waals surface area contributed by atoms with Gasteiger partial charge in [-0.15, -0.1) is 0 Å². The second-order valence-electron chi connectivity index (χ2n) is 14.3. The third kappa shape index (κ3) is 27.6. The molecule has 0 radical (unpaired) electrons. The van der Waals surface area contributed by atoms with Crippen molar-refractivity contribution in [3.05, 3.63) is 24.3 Å². The number of aliphatic carboxylic acids is 4. The zero-order valence-electron chi connectivity index (χ0n) is 34.0. The molecule has 0 spiro atoms. The van der Waals surface area contributed by atoms with Crippen LogP contribution in [0.25, 0.3) is 0 Å². The molecule has 0 rings (SSSR count). The van der Waals surface area contributed by atoms with Crippen LogP contribution in [-0.4, -0.2) is 181 Å². The van der Waals surface area contributed by atoms with Crippen molar-refractivity contribution in [1.29, 1.82) is 0 Å². The Morgan fingerprint density at radius 2 is 0.891 bits per heavy atom. The van der Waals surface area contributed by atoms with E-state index in [-0.39, 0.29) is 124 Å². The Bertz CT molecular complexity index is 1070. The van der Waals surface area contributed by atoms with Crippen LogP contribution in [0.15, 0.2) is 24.3 Å². The quantitative estimate of drug-likeness (QED) is 0.0225. The third-order valence-corrected chi connectivity index (χ3v) is 9.20. The molecular formula is C38H68CaN4O12+2. The van der Waals surface area contributed by atoms with Crippen LogP contribution in [0.1, 0.15) is 80.1 Å². The van der Waals surface area contributed by atoms with Gasteiger partial charge in [0.2, 0.25) is 11.8 Å². The Hall–Kier alpha value is -2.60. The molecule has 16 nitrogen and oxygen atoms in total. The standard InChI is InChI=1S/2C19H34N2O6.Ca/c2*1-4-5-6-7-8-17(23)20-9-10-21(11-12-22,13-15(2)18(24)25)14-16(3)19(26)27;/h2*7-8,15-16,22H,4-6,9-14H2,1-3H3,(H2-,20,23,24,25,26,27);/q;;+2/b2*8-7+;. The monoisotopic (exact) mass is 812 g/mol. The van der Waals surface area contributed by atoms with Crippen molar-refractivity contribution in [2.45, 2.75) is 80.1 Å². The molecule has 0 aromatic carbocycles. The first kappa shape index (κ1) is 56.7. The number of aliphatic hydroxyl groups is 2. The summed E-state index contributed by atoms with van der Waals surface area (Å²) in [5, 5.41) is 65.2. The number of amides is 2. The minimum absolute atomic E-state index is 0. The zero-order chi connectivity index (χ0) is 41.7. The largest absolute Gasteiger partial charge is 2.00 e. The summed E-state index contributed by atoms with van der Waals surface area (Å²) < 4.78 is 0.165. The number of hydrogen-bond donors (Lipinski definition) is 6. The predicted octanol–water partition coefficient (Wildman–Crippen LogP) is -0.851. The first-order chi connectivity index (χ1) is 25.3. The van der Waals surface area contributed by atoms with E-state index < -0.39 is 47.5 Å². The summed E-state index contributed by atoms with van der Waals surface area (Å²) >= 11 is 0. The van der Waals surface area contributed by atoms with Crippen LogP contribution in [0.4, 0.5) is 0 Å². The molecule has 2 amide bonds. The van der Waals surface area contributed by atoms with Gasteiger partial charge < -0.3 is 59.8 Å². The number of carbonyl (C=O) groups is 6. The van der Waals surface area contributed by atoms with Gasteiger partial charge in [0.25, 0.3) is 0 Å². The molecule has 6 atom stereocenters. The fraction of sp³-hybridized carbons (Fsp3) is 0.737. The maximum atomic E-state index is 11.9. The van der Waals surface area contributed by atoms with Gasteiger partial charge in [0.15, 0.2) is 0 Å². The summed E-state index contributed by atoms with van der Waals surface area (Å²) in [5.41, 5.74) is 0. The van der Waals surface area contributed by atoms with Crippen LogP contribution in [0.5, 0.6) is 0 Å². The molecular weight excluding hydrogens is 745 g/mol. The zero-order valence-corrected chi connectivity index (χ0v) is 36.2. The number of carbonyl (C=O) groups excluding carboxylic acids is 4.